The maximum absolute atomic E-state index is 12.4. The second-order valence-electron chi connectivity index (χ2n) is 5.27. The SMILES string of the molecule is Cc1c(-c2ccccc2)sc2nc(-c3ccccc3)oc(=O)c12. The van der Waals surface area contributed by atoms with Gasteiger partial charge in [-0.05, 0) is 30.2 Å². The normalized spacial score (nSPS) is 11.0. The lowest BCUT2D eigenvalue weighted by Gasteiger charge is -1.99. The van der Waals surface area contributed by atoms with E-state index >= 15 is 0 Å². The highest BCUT2D eigenvalue weighted by molar-refractivity contribution is 7.22. The van der Waals surface area contributed by atoms with E-state index in [9.17, 15) is 4.79 Å². The molecule has 112 valence electrons. The Balaban J connectivity index is 1.97. The van der Waals surface area contributed by atoms with Crippen molar-refractivity contribution in [2.45, 2.75) is 6.92 Å². The molecular formula is C19H13NO2S. The van der Waals surface area contributed by atoms with Crippen LogP contribution in [0.3, 0.4) is 0 Å². The van der Waals surface area contributed by atoms with Gasteiger partial charge in [-0.25, -0.2) is 9.78 Å². The van der Waals surface area contributed by atoms with E-state index in [-0.39, 0.29) is 5.63 Å². The molecule has 0 saturated heterocycles. The Bertz CT molecular complexity index is 1030. The molecule has 2 aromatic carbocycles. The lowest BCUT2D eigenvalue weighted by Crippen LogP contribution is -2.02. The van der Waals surface area contributed by atoms with Crippen molar-refractivity contribution in [2.24, 2.45) is 0 Å². The van der Waals surface area contributed by atoms with Crippen LogP contribution in [0.4, 0.5) is 0 Å². The molecule has 0 saturated carbocycles. The van der Waals surface area contributed by atoms with E-state index in [4.69, 9.17) is 4.42 Å². The highest BCUT2D eigenvalue weighted by Crippen LogP contribution is 2.36. The third kappa shape index (κ3) is 2.37. The number of hydrogen-bond donors (Lipinski definition) is 0. The lowest BCUT2D eigenvalue weighted by atomic mass is 10.1. The summed E-state index contributed by atoms with van der Waals surface area (Å²) in [6.07, 6.45) is 0. The molecule has 2 aromatic heterocycles. The first-order valence-corrected chi connectivity index (χ1v) is 8.11. The van der Waals surface area contributed by atoms with Crippen LogP contribution in [0.2, 0.25) is 0 Å². The summed E-state index contributed by atoms with van der Waals surface area (Å²) in [5.41, 5.74) is 2.49. The van der Waals surface area contributed by atoms with Gasteiger partial charge in [0.15, 0.2) is 0 Å². The van der Waals surface area contributed by atoms with Crippen molar-refractivity contribution in [3.05, 3.63) is 76.6 Å². The first-order valence-electron chi connectivity index (χ1n) is 7.29. The van der Waals surface area contributed by atoms with Gasteiger partial charge in [-0.2, -0.15) is 0 Å². The molecule has 23 heavy (non-hydrogen) atoms. The van der Waals surface area contributed by atoms with Gasteiger partial charge in [0.2, 0.25) is 5.89 Å². The lowest BCUT2D eigenvalue weighted by molar-refractivity contribution is 0.518. The van der Waals surface area contributed by atoms with E-state index in [1.807, 2.05) is 67.6 Å². The Kier molecular flexibility index (Phi) is 3.32. The van der Waals surface area contributed by atoms with E-state index < -0.39 is 0 Å². The molecule has 4 aromatic rings. The number of fused-ring (bicyclic) bond motifs is 1. The summed E-state index contributed by atoms with van der Waals surface area (Å²) in [5, 5.41) is 0.577. The van der Waals surface area contributed by atoms with Crippen molar-refractivity contribution < 1.29 is 4.42 Å². The van der Waals surface area contributed by atoms with Crippen molar-refractivity contribution in [3.8, 4) is 21.9 Å². The average molecular weight is 319 g/mol. The van der Waals surface area contributed by atoms with Crippen molar-refractivity contribution in [1.29, 1.82) is 0 Å². The minimum atomic E-state index is -0.329. The van der Waals surface area contributed by atoms with Gasteiger partial charge in [-0.15, -0.1) is 11.3 Å². The number of benzene rings is 2. The minimum Gasteiger partial charge on any atom is -0.403 e. The summed E-state index contributed by atoms with van der Waals surface area (Å²) in [7, 11) is 0. The zero-order chi connectivity index (χ0) is 15.8. The predicted octanol–water partition coefficient (Wildman–Crippen LogP) is 4.89. The van der Waals surface area contributed by atoms with Gasteiger partial charge in [0.05, 0.1) is 0 Å². The molecule has 0 aliphatic carbocycles. The van der Waals surface area contributed by atoms with Crippen molar-refractivity contribution in [2.75, 3.05) is 0 Å². The molecule has 0 bridgehead atoms. The van der Waals surface area contributed by atoms with Crippen LogP contribution in [0.15, 0.2) is 69.9 Å². The van der Waals surface area contributed by atoms with Gasteiger partial charge >= 0.3 is 5.63 Å². The molecule has 2 heterocycles. The fraction of sp³-hybridized carbons (Fsp3) is 0.0526. The molecule has 0 unspecified atom stereocenters. The number of hydrogen-bond acceptors (Lipinski definition) is 4. The molecule has 0 spiro atoms. The van der Waals surface area contributed by atoms with Gasteiger partial charge in [0, 0.05) is 10.4 Å². The Morgan fingerprint density at radius 2 is 1.52 bits per heavy atom. The Morgan fingerprint density at radius 3 is 2.17 bits per heavy atom. The van der Waals surface area contributed by atoms with Gasteiger partial charge in [0.1, 0.15) is 10.2 Å². The van der Waals surface area contributed by atoms with Crippen LogP contribution in [-0.4, -0.2) is 4.98 Å². The highest BCUT2D eigenvalue weighted by Gasteiger charge is 2.17. The number of aromatic nitrogens is 1. The maximum atomic E-state index is 12.4. The summed E-state index contributed by atoms with van der Waals surface area (Å²) in [6.45, 7) is 1.95. The molecular weight excluding hydrogens is 306 g/mol. The van der Waals surface area contributed by atoms with Crippen LogP contribution in [-0.2, 0) is 0 Å². The predicted molar refractivity (Wildman–Crippen MR) is 93.8 cm³/mol. The summed E-state index contributed by atoms with van der Waals surface area (Å²) < 4.78 is 5.45. The third-order valence-corrected chi connectivity index (χ3v) is 5.02. The van der Waals surface area contributed by atoms with Crippen LogP contribution < -0.4 is 5.63 Å². The van der Waals surface area contributed by atoms with E-state index in [2.05, 4.69) is 4.98 Å². The molecule has 0 N–H and O–H groups in total. The quantitative estimate of drug-likeness (QED) is 0.528. The minimum absolute atomic E-state index is 0.329. The number of thiophene rings is 1. The largest absolute Gasteiger partial charge is 0.403 e. The van der Waals surface area contributed by atoms with Crippen LogP contribution in [0.25, 0.3) is 32.1 Å². The zero-order valence-corrected chi connectivity index (χ0v) is 13.3. The molecule has 0 radical (unpaired) electrons. The molecule has 0 aliphatic rings. The van der Waals surface area contributed by atoms with Gasteiger partial charge < -0.3 is 4.42 Å². The Morgan fingerprint density at radius 1 is 0.913 bits per heavy atom. The summed E-state index contributed by atoms with van der Waals surface area (Å²) in [5.74, 6) is 0.365. The zero-order valence-electron chi connectivity index (χ0n) is 12.4. The number of rotatable bonds is 2. The molecule has 0 amide bonds. The summed E-state index contributed by atoms with van der Waals surface area (Å²) in [4.78, 5) is 18.8. The molecule has 0 atom stereocenters. The van der Waals surface area contributed by atoms with E-state index in [1.54, 1.807) is 0 Å². The standard InChI is InChI=1S/C19H13NO2S/c1-12-15-18(23-16(12)13-8-4-2-5-9-13)20-17(22-19(15)21)14-10-6-3-7-11-14/h2-11H,1H3. The van der Waals surface area contributed by atoms with Crippen LogP contribution in [0.1, 0.15) is 5.56 Å². The first-order chi connectivity index (χ1) is 11.2. The Labute approximate surface area is 136 Å². The van der Waals surface area contributed by atoms with Gasteiger partial charge in [-0.3, -0.25) is 0 Å². The van der Waals surface area contributed by atoms with E-state index in [1.165, 1.54) is 11.3 Å². The number of nitrogens with zero attached hydrogens (tertiary/aromatic N) is 1. The van der Waals surface area contributed by atoms with E-state index in [0.29, 0.717) is 11.3 Å². The molecule has 4 rings (SSSR count). The van der Waals surface area contributed by atoms with E-state index in [0.717, 1.165) is 26.4 Å². The average Bonchev–Trinajstić information content (AvgIpc) is 2.94. The first kappa shape index (κ1) is 13.9. The fourth-order valence-electron chi connectivity index (χ4n) is 2.64. The maximum Gasteiger partial charge on any atom is 0.348 e. The molecule has 0 aliphatic heterocycles. The second-order valence-corrected chi connectivity index (χ2v) is 6.27. The second kappa shape index (κ2) is 5.48. The van der Waals surface area contributed by atoms with Gasteiger partial charge in [0.25, 0.3) is 0 Å². The third-order valence-electron chi connectivity index (χ3n) is 3.78. The van der Waals surface area contributed by atoms with Crippen molar-refractivity contribution >= 4 is 21.6 Å². The Hall–Kier alpha value is -2.72. The molecule has 0 fully saturated rings. The fourth-order valence-corrected chi connectivity index (χ4v) is 3.81. The molecule has 4 heteroatoms. The van der Waals surface area contributed by atoms with Crippen LogP contribution in [0.5, 0.6) is 0 Å². The number of aryl methyl sites for hydroxylation is 1. The van der Waals surface area contributed by atoms with Crippen LogP contribution in [0, 0.1) is 6.92 Å². The smallest absolute Gasteiger partial charge is 0.348 e. The monoisotopic (exact) mass is 319 g/mol. The van der Waals surface area contributed by atoms with Gasteiger partial charge in [-0.1, -0.05) is 48.5 Å². The van der Waals surface area contributed by atoms with Crippen LogP contribution >= 0.6 is 11.3 Å². The summed E-state index contributed by atoms with van der Waals surface area (Å²) >= 11 is 1.53. The van der Waals surface area contributed by atoms with Crippen molar-refractivity contribution in [3.63, 3.8) is 0 Å². The topological polar surface area (TPSA) is 43.1 Å². The van der Waals surface area contributed by atoms with Crippen molar-refractivity contribution in [1.82, 2.24) is 4.98 Å². The molecule has 3 nitrogen and oxygen atoms in total. The summed E-state index contributed by atoms with van der Waals surface area (Å²) in [6, 6.07) is 19.5. The highest BCUT2D eigenvalue weighted by atomic mass is 32.1.